The first-order chi connectivity index (χ1) is 16.8. The quantitative estimate of drug-likeness (QED) is 0.311. The van der Waals surface area contributed by atoms with E-state index in [1.807, 2.05) is 55.5 Å². The monoisotopic (exact) mass is 481 g/mol. The van der Waals surface area contributed by atoms with Gasteiger partial charge in [-0.2, -0.15) is 8.78 Å². The molecule has 1 unspecified atom stereocenters. The van der Waals surface area contributed by atoms with Crippen molar-refractivity contribution in [3.63, 3.8) is 0 Å². The molecule has 0 fully saturated rings. The summed E-state index contributed by atoms with van der Waals surface area (Å²) in [6.07, 6.45) is 1.61. The van der Waals surface area contributed by atoms with Crippen LogP contribution in [0.5, 0.6) is 17.2 Å². The number of nitrogens with one attached hydrogen (secondary N) is 1. The van der Waals surface area contributed by atoms with Gasteiger partial charge in [-0.25, -0.2) is 0 Å². The molecule has 3 aromatic rings. The molecule has 5 nitrogen and oxygen atoms in total. The number of aryl methyl sites for hydroxylation is 1. The summed E-state index contributed by atoms with van der Waals surface area (Å²) >= 11 is 0. The summed E-state index contributed by atoms with van der Waals surface area (Å²) in [6.45, 7) is 4.45. The maximum absolute atomic E-state index is 13.2. The third-order valence-electron chi connectivity index (χ3n) is 5.54. The number of benzene rings is 3. The van der Waals surface area contributed by atoms with Crippen molar-refractivity contribution in [2.75, 3.05) is 12.4 Å². The molecule has 0 saturated heterocycles. The largest absolute Gasteiger partial charge is 0.493 e. The predicted molar refractivity (Wildman–Crippen MR) is 133 cm³/mol. The highest BCUT2D eigenvalue weighted by Gasteiger charge is 2.23. The molecule has 0 aliphatic heterocycles. The predicted octanol–water partition coefficient (Wildman–Crippen LogP) is 6.65. The van der Waals surface area contributed by atoms with Crippen LogP contribution in [-0.4, -0.2) is 19.6 Å². The number of methoxy groups -OCH3 is 1. The smallest absolute Gasteiger partial charge is 0.387 e. The Morgan fingerprint density at radius 2 is 1.80 bits per heavy atom. The SMILES string of the molecule is C=CC(=O)Nc1ccc(C)c(OC(F)F)c1C(C)Cc1ccc(OCc2ccccc2)c(OC)c1. The van der Waals surface area contributed by atoms with E-state index in [1.54, 1.807) is 26.2 Å². The molecule has 0 aliphatic carbocycles. The maximum atomic E-state index is 13.2. The molecule has 0 aliphatic rings. The van der Waals surface area contributed by atoms with E-state index < -0.39 is 12.5 Å². The van der Waals surface area contributed by atoms with E-state index in [0.717, 1.165) is 17.2 Å². The summed E-state index contributed by atoms with van der Waals surface area (Å²) in [5.41, 5.74) is 3.38. The van der Waals surface area contributed by atoms with E-state index in [4.69, 9.17) is 14.2 Å². The average molecular weight is 482 g/mol. The molecule has 1 atom stereocenters. The lowest BCUT2D eigenvalue weighted by atomic mass is 9.90. The minimum absolute atomic E-state index is 0.0594. The summed E-state index contributed by atoms with van der Waals surface area (Å²) in [7, 11) is 1.57. The number of hydrogen-bond donors (Lipinski definition) is 1. The molecule has 3 rings (SSSR count). The van der Waals surface area contributed by atoms with Crippen LogP contribution in [0.1, 0.15) is 35.1 Å². The fourth-order valence-corrected chi connectivity index (χ4v) is 3.89. The number of carbonyl (C=O) groups excluding carboxylic acids is 1. The van der Waals surface area contributed by atoms with Crippen molar-refractivity contribution >= 4 is 11.6 Å². The number of carbonyl (C=O) groups is 1. The van der Waals surface area contributed by atoms with Crippen LogP contribution in [0.15, 0.2) is 73.3 Å². The molecule has 0 bridgehead atoms. The molecule has 3 aromatic carbocycles. The summed E-state index contributed by atoms with van der Waals surface area (Å²) in [5.74, 6) is 0.517. The first-order valence-corrected chi connectivity index (χ1v) is 11.2. The van der Waals surface area contributed by atoms with Gasteiger partial charge in [-0.05, 0) is 60.2 Å². The molecule has 7 heteroatoms. The van der Waals surface area contributed by atoms with Gasteiger partial charge in [-0.15, -0.1) is 0 Å². The van der Waals surface area contributed by atoms with E-state index >= 15 is 0 Å². The topological polar surface area (TPSA) is 56.8 Å². The Hall–Kier alpha value is -3.87. The van der Waals surface area contributed by atoms with Crippen LogP contribution in [0.3, 0.4) is 0 Å². The van der Waals surface area contributed by atoms with Crippen LogP contribution in [-0.2, 0) is 17.8 Å². The summed E-state index contributed by atoms with van der Waals surface area (Å²) in [4.78, 5) is 12.0. The number of alkyl halides is 2. The van der Waals surface area contributed by atoms with Crippen molar-refractivity contribution in [1.29, 1.82) is 0 Å². The van der Waals surface area contributed by atoms with E-state index in [0.29, 0.717) is 41.3 Å². The van der Waals surface area contributed by atoms with Gasteiger partial charge in [0.05, 0.1) is 7.11 Å². The Morgan fingerprint density at radius 3 is 2.46 bits per heavy atom. The lowest BCUT2D eigenvalue weighted by molar-refractivity contribution is -0.111. The van der Waals surface area contributed by atoms with Gasteiger partial charge in [0, 0.05) is 11.3 Å². The number of rotatable bonds is 11. The third kappa shape index (κ3) is 6.82. The molecule has 1 N–H and O–H groups in total. The van der Waals surface area contributed by atoms with Gasteiger partial charge in [-0.1, -0.05) is 56.0 Å². The van der Waals surface area contributed by atoms with Crippen LogP contribution >= 0.6 is 0 Å². The lowest BCUT2D eigenvalue weighted by Gasteiger charge is -2.23. The zero-order valence-electron chi connectivity index (χ0n) is 20.0. The average Bonchev–Trinajstić information content (AvgIpc) is 2.85. The van der Waals surface area contributed by atoms with Crippen molar-refractivity contribution in [3.8, 4) is 17.2 Å². The van der Waals surface area contributed by atoms with Gasteiger partial charge >= 0.3 is 6.61 Å². The standard InChI is InChI=1S/C28H29F2NO4/c1-5-25(32)31-22-13-11-18(2)27(35-28(29)30)26(22)19(3)15-21-12-14-23(24(16-21)33-4)34-17-20-9-7-6-8-10-20/h5-14,16,19,28H,1,15,17H2,2-4H3,(H,31,32). The summed E-state index contributed by atoms with van der Waals surface area (Å²) < 4.78 is 42.8. The van der Waals surface area contributed by atoms with Gasteiger partial charge in [0.1, 0.15) is 12.4 Å². The molecule has 0 spiro atoms. The Labute approximate surface area is 204 Å². The molecular weight excluding hydrogens is 452 g/mol. The molecular formula is C28H29F2NO4. The minimum atomic E-state index is -2.99. The number of amides is 1. The number of ether oxygens (including phenoxy) is 3. The van der Waals surface area contributed by atoms with Crippen LogP contribution in [0.4, 0.5) is 14.5 Å². The molecule has 184 valence electrons. The zero-order chi connectivity index (χ0) is 25.4. The number of halogens is 2. The zero-order valence-corrected chi connectivity index (χ0v) is 20.0. The second kappa shape index (κ2) is 12.0. The van der Waals surface area contributed by atoms with Crippen LogP contribution in [0.25, 0.3) is 0 Å². The highest BCUT2D eigenvalue weighted by atomic mass is 19.3. The molecule has 0 radical (unpaired) electrons. The molecule has 0 heterocycles. The second-order valence-electron chi connectivity index (χ2n) is 8.11. The first-order valence-electron chi connectivity index (χ1n) is 11.2. The third-order valence-corrected chi connectivity index (χ3v) is 5.54. The van der Waals surface area contributed by atoms with Crippen molar-refractivity contribution in [3.05, 3.63) is 95.6 Å². The number of hydrogen-bond acceptors (Lipinski definition) is 4. The van der Waals surface area contributed by atoms with Crippen LogP contribution in [0.2, 0.25) is 0 Å². The van der Waals surface area contributed by atoms with E-state index in [9.17, 15) is 13.6 Å². The second-order valence-corrected chi connectivity index (χ2v) is 8.11. The van der Waals surface area contributed by atoms with Gasteiger partial charge in [0.15, 0.2) is 11.5 Å². The number of anilines is 1. The van der Waals surface area contributed by atoms with Crippen LogP contribution < -0.4 is 19.5 Å². The fraction of sp³-hybridized carbons (Fsp3) is 0.250. The first kappa shape index (κ1) is 25.7. The Morgan fingerprint density at radius 1 is 1.06 bits per heavy atom. The van der Waals surface area contributed by atoms with E-state index in [1.165, 1.54) is 0 Å². The fourth-order valence-electron chi connectivity index (χ4n) is 3.89. The molecule has 0 saturated carbocycles. The Bertz CT molecular complexity index is 1170. The van der Waals surface area contributed by atoms with Gasteiger partial charge in [0.25, 0.3) is 0 Å². The Kier molecular flexibility index (Phi) is 8.84. The highest BCUT2D eigenvalue weighted by Crippen LogP contribution is 2.40. The van der Waals surface area contributed by atoms with E-state index in [2.05, 4.69) is 11.9 Å². The van der Waals surface area contributed by atoms with Crippen LogP contribution in [0, 0.1) is 6.92 Å². The Balaban J connectivity index is 1.87. The normalized spacial score (nSPS) is 11.6. The summed E-state index contributed by atoms with van der Waals surface area (Å²) in [6, 6.07) is 18.7. The molecule has 0 aromatic heterocycles. The maximum Gasteiger partial charge on any atom is 0.387 e. The van der Waals surface area contributed by atoms with Crippen molar-refractivity contribution in [1.82, 2.24) is 0 Å². The van der Waals surface area contributed by atoms with Crippen molar-refractivity contribution in [2.24, 2.45) is 0 Å². The van der Waals surface area contributed by atoms with Gasteiger partial charge in [0.2, 0.25) is 5.91 Å². The highest BCUT2D eigenvalue weighted by molar-refractivity contribution is 5.99. The lowest BCUT2D eigenvalue weighted by Crippen LogP contribution is -2.15. The summed E-state index contributed by atoms with van der Waals surface area (Å²) in [5, 5.41) is 2.71. The molecule has 35 heavy (non-hydrogen) atoms. The van der Waals surface area contributed by atoms with Crippen molar-refractivity contribution in [2.45, 2.75) is 39.4 Å². The molecule has 1 amide bonds. The van der Waals surface area contributed by atoms with E-state index in [-0.39, 0.29) is 11.7 Å². The van der Waals surface area contributed by atoms with Crippen molar-refractivity contribution < 1.29 is 27.8 Å². The van der Waals surface area contributed by atoms with Gasteiger partial charge in [-0.3, -0.25) is 4.79 Å². The van der Waals surface area contributed by atoms with Gasteiger partial charge < -0.3 is 19.5 Å². The minimum Gasteiger partial charge on any atom is -0.493 e.